The molecule has 4 aromatic carbocycles. The highest BCUT2D eigenvalue weighted by Gasteiger charge is 2.26. The van der Waals surface area contributed by atoms with E-state index in [2.05, 4.69) is 34.0 Å². The average Bonchev–Trinajstić information content (AvgIpc) is 3.44. The van der Waals surface area contributed by atoms with E-state index in [9.17, 15) is 14.3 Å². The Bertz CT molecular complexity index is 1990. The third-order valence-electron chi connectivity index (χ3n) is 8.65. The summed E-state index contributed by atoms with van der Waals surface area (Å²) in [6, 6.07) is 22.9. The number of nitrogens with one attached hydrogen (secondary N) is 1. The molecule has 2 aromatic heterocycles. The Labute approximate surface area is 246 Å². The molecule has 0 saturated carbocycles. The van der Waals surface area contributed by atoms with Crippen molar-refractivity contribution in [3.05, 3.63) is 130 Å². The molecule has 1 fully saturated rings. The molecule has 216 valence electrons. The van der Waals surface area contributed by atoms with Crippen LogP contribution in [-0.2, 0) is 0 Å². The largest absolute Gasteiger partial charge is 0.508 e. The first-order valence-corrected chi connectivity index (χ1v) is 14.4. The van der Waals surface area contributed by atoms with Gasteiger partial charge in [0.15, 0.2) is 0 Å². The Kier molecular flexibility index (Phi) is 6.78. The van der Waals surface area contributed by atoms with Gasteiger partial charge in [0.05, 0.1) is 16.4 Å². The second-order valence-corrected chi connectivity index (χ2v) is 11.4. The number of piperidine rings is 1. The summed E-state index contributed by atoms with van der Waals surface area (Å²) < 4.78 is 31.5. The number of para-hydroxylation sites is 2. The fraction of sp³-hybridized carbons (Fsp3) is 0.200. The van der Waals surface area contributed by atoms with Gasteiger partial charge in [0.1, 0.15) is 29.3 Å². The van der Waals surface area contributed by atoms with E-state index in [0.717, 1.165) is 37.6 Å². The molecule has 1 atom stereocenters. The van der Waals surface area contributed by atoms with E-state index in [1.807, 2.05) is 42.5 Å². The summed E-state index contributed by atoms with van der Waals surface area (Å²) in [6.07, 6.45) is 3.78. The second kappa shape index (κ2) is 10.8. The summed E-state index contributed by atoms with van der Waals surface area (Å²) in [5.74, 6) is -0.614. The monoisotopic (exact) mass is 576 g/mol. The molecule has 0 unspecified atom stereocenters. The molecule has 1 aliphatic rings. The first kappa shape index (κ1) is 27.0. The van der Waals surface area contributed by atoms with E-state index in [1.54, 1.807) is 12.3 Å². The highest BCUT2D eigenvalue weighted by molar-refractivity contribution is 5.87. The molecular weight excluding hydrogens is 546 g/mol. The Hall–Kier alpha value is -4.82. The average molecular weight is 577 g/mol. The summed E-state index contributed by atoms with van der Waals surface area (Å²) in [5.41, 5.74) is 3.70. The van der Waals surface area contributed by atoms with Crippen molar-refractivity contribution in [2.24, 2.45) is 0 Å². The van der Waals surface area contributed by atoms with Crippen molar-refractivity contribution in [2.45, 2.75) is 24.8 Å². The van der Waals surface area contributed by atoms with Gasteiger partial charge in [0, 0.05) is 11.8 Å². The predicted octanol–water partition coefficient (Wildman–Crippen LogP) is 6.98. The number of phenols is 1. The molecular formula is C35H30F2N4O2. The molecule has 7 rings (SSSR count). The number of halogens is 2. The number of pyridine rings is 1. The van der Waals surface area contributed by atoms with Gasteiger partial charge in [-0.3, -0.25) is 9.36 Å². The maximum absolute atomic E-state index is 15.8. The lowest BCUT2D eigenvalue weighted by atomic mass is 9.88. The van der Waals surface area contributed by atoms with Crippen molar-refractivity contribution in [1.82, 2.24) is 19.4 Å². The van der Waals surface area contributed by atoms with Crippen LogP contribution in [-0.4, -0.2) is 44.7 Å². The van der Waals surface area contributed by atoms with E-state index >= 15 is 4.39 Å². The van der Waals surface area contributed by atoms with Crippen LogP contribution >= 0.6 is 0 Å². The van der Waals surface area contributed by atoms with Gasteiger partial charge in [-0.15, -0.1) is 0 Å². The number of aromatic hydroxyl groups is 1. The number of aromatic nitrogens is 3. The van der Waals surface area contributed by atoms with Crippen molar-refractivity contribution in [1.29, 1.82) is 0 Å². The Morgan fingerprint density at radius 2 is 1.70 bits per heavy atom. The van der Waals surface area contributed by atoms with E-state index in [-0.39, 0.29) is 16.7 Å². The van der Waals surface area contributed by atoms with Crippen LogP contribution in [0.4, 0.5) is 8.78 Å². The summed E-state index contributed by atoms with van der Waals surface area (Å²) >= 11 is 0. The highest BCUT2D eigenvalue weighted by Crippen LogP contribution is 2.34. The standard InChI is InChI=1S/C35H30F2N4O2/c1-40-15-12-23(13-16-40)21-6-8-22(9-7-21)25-18-24-14-17-41(35(43)32(24)28(37)19-25)33(27-20-26(36)10-11-31(27)42)34-38-29-4-2-3-5-30(29)39-34/h2-11,14,17-20,23,33,42H,12-13,15-16H2,1H3,(H,38,39)/t33-/m0/s1. The molecule has 1 aliphatic heterocycles. The van der Waals surface area contributed by atoms with Crippen LogP contribution in [0.3, 0.4) is 0 Å². The number of phenolic OH excluding ortho intramolecular Hbond substituents is 1. The Balaban J connectivity index is 1.31. The SMILES string of the molecule is CN1CCC(c2ccc(-c3cc(F)c4c(=O)n([C@H](c5nc6ccccc6[nH]5)c5cc(F)ccc5O)ccc4c3)cc2)CC1. The first-order chi connectivity index (χ1) is 20.9. The second-order valence-electron chi connectivity index (χ2n) is 11.4. The minimum atomic E-state index is -1.04. The zero-order chi connectivity index (χ0) is 29.7. The van der Waals surface area contributed by atoms with Crippen LogP contribution in [0, 0.1) is 11.6 Å². The van der Waals surface area contributed by atoms with Crippen LogP contribution in [0.1, 0.15) is 41.8 Å². The lowest BCUT2D eigenvalue weighted by Crippen LogP contribution is -2.29. The van der Waals surface area contributed by atoms with E-state index < -0.39 is 23.2 Å². The van der Waals surface area contributed by atoms with Gasteiger partial charge in [-0.05, 0) is 110 Å². The number of hydrogen-bond acceptors (Lipinski definition) is 4. The van der Waals surface area contributed by atoms with Gasteiger partial charge in [0.25, 0.3) is 5.56 Å². The van der Waals surface area contributed by atoms with Gasteiger partial charge in [0.2, 0.25) is 0 Å². The molecule has 0 aliphatic carbocycles. The van der Waals surface area contributed by atoms with Gasteiger partial charge >= 0.3 is 0 Å². The van der Waals surface area contributed by atoms with Gasteiger partial charge < -0.3 is 15.0 Å². The maximum atomic E-state index is 15.8. The van der Waals surface area contributed by atoms with Crippen molar-refractivity contribution in [2.75, 3.05) is 20.1 Å². The highest BCUT2D eigenvalue weighted by atomic mass is 19.1. The lowest BCUT2D eigenvalue weighted by molar-refractivity contribution is 0.255. The number of fused-ring (bicyclic) bond motifs is 2. The van der Waals surface area contributed by atoms with E-state index in [4.69, 9.17) is 0 Å². The van der Waals surface area contributed by atoms with Crippen LogP contribution in [0.5, 0.6) is 5.75 Å². The van der Waals surface area contributed by atoms with Gasteiger partial charge in [-0.1, -0.05) is 36.4 Å². The third-order valence-corrected chi connectivity index (χ3v) is 8.65. The predicted molar refractivity (Wildman–Crippen MR) is 164 cm³/mol. The molecule has 0 amide bonds. The molecule has 0 spiro atoms. The van der Waals surface area contributed by atoms with Crippen molar-refractivity contribution in [3.63, 3.8) is 0 Å². The summed E-state index contributed by atoms with van der Waals surface area (Å²) in [4.78, 5) is 24.1. The summed E-state index contributed by atoms with van der Waals surface area (Å²) in [6.45, 7) is 2.16. The maximum Gasteiger partial charge on any atom is 0.262 e. The number of benzene rings is 4. The summed E-state index contributed by atoms with van der Waals surface area (Å²) in [7, 11) is 2.15. The Morgan fingerprint density at radius 1 is 0.930 bits per heavy atom. The topological polar surface area (TPSA) is 74.2 Å². The van der Waals surface area contributed by atoms with Gasteiger partial charge in [-0.25, -0.2) is 13.8 Å². The first-order valence-electron chi connectivity index (χ1n) is 14.4. The van der Waals surface area contributed by atoms with Crippen LogP contribution in [0.2, 0.25) is 0 Å². The number of H-pyrrole nitrogens is 1. The molecule has 2 N–H and O–H groups in total. The smallest absolute Gasteiger partial charge is 0.262 e. The number of aromatic amines is 1. The van der Waals surface area contributed by atoms with E-state index in [1.165, 1.54) is 28.3 Å². The zero-order valence-corrected chi connectivity index (χ0v) is 23.6. The molecule has 6 nitrogen and oxygen atoms in total. The number of likely N-dealkylation sites (tertiary alicyclic amines) is 1. The van der Waals surface area contributed by atoms with Crippen molar-refractivity contribution >= 4 is 21.8 Å². The number of hydrogen-bond donors (Lipinski definition) is 2. The fourth-order valence-corrected chi connectivity index (χ4v) is 6.28. The van der Waals surface area contributed by atoms with Crippen molar-refractivity contribution < 1.29 is 13.9 Å². The molecule has 0 bridgehead atoms. The normalized spacial score (nSPS) is 15.3. The number of nitrogens with zero attached hydrogens (tertiary/aromatic N) is 3. The van der Waals surface area contributed by atoms with Crippen LogP contribution in [0.15, 0.2) is 95.9 Å². The zero-order valence-electron chi connectivity index (χ0n) is 23.6. The molecule has 3 heterocycles. The number of imidazole rings is 1. The minimum absolute atomic E-state index is 0.0915. The minimum Gasteiger partial charge on any atom is -0.508 e. The lowest BCUT2D eigenvalue weighted by Gasteiger charge is -2.29. The molecule has 6 aromatic rings. The fourth-order valence-electron chi connectivity index (χ4n) is 6.28. The molecule has 43 heavy (non-hydrogen) atoms. The number of rotatable bonds is 5. The van der Waals surface area contributed by atoms with Gasteiger partial charge in [-0.2, -0.15) is 0 Å². The molecule has 8 heteroatoms. The molecule has 1 saturated heterocycles. The Morgan fingerprint density at radius 3 is 2.47 bits per heavy atom. The van der Waals surface area contributed by atoms with Crippen molar-refractivity contribution in [3.8, 4) is 16.9 Å². The van der Waals surface area contributed by atoms with Crippen LogP contribution < -0.4 is 5.56 Å². The van der Waals surface area contributed by atoms with Crippen LogP contribution in [0.25, 0.3) is 32.9 Å². The summed E-state index contributed by atoms with van der Waals surface area (Å²) in [5, 5.41) is 11.1. The third kappa shape index (κ3) is 4.97. The quantitative estimate of drug-likeness (QED) is 0.232. The van der Waals surface area contributed by atoms with E-state index in [0.29, 0.717) is 33.7 Å². The molecule has 0 radical (unpaired) electrons.